The van der Waals surface area contributed by atoms with E-state index >= 15 is 0 Å². The highest BCUT2D eigenvalue weighted by Gasteiger charge is 2.52. The van der Waals surface area contributed by atoms with Crippen LogP contribution in [0, 0.1) is 17.8 Å². The van der Waals surface area contributed by atoms with E-state index < -0.39 is 23.7 Å². The van der Waals surface area contributed by atoms with Gasteiger partial charge in [0, 0.05) is 18.3 Å². The molecule has 4 heteroatoms. The first-order valence-corrected chi connectivity index (χ1v) is 4.55. The zero-order chi connectivity index (χ0) is 9.64. The summed E-state index contributed by atoms with van der Waals surface area (Å²) in [6.45, 7) is 1.88. The smallest absolute Gasteiger partial charge is 0.309 e. The number of esters is 1. The Hall–Kier alpha value is -0.670. The van der Waals surface area contributed by atoms with Gasteiger partial charge in [0.1, 0.15) is 0 Å². The van der Waals surface area contributed by atoms with E-state index in [9.17, 15) is 13.6 Å². The monoisotopic (exact) mass is 190 g/mol. The number of rotatable bonds is 0. The molecular formula is C9H12F2O2. The molecule has 2 aliphatic rings. The van der Waals surface area contributed by atoms with Crippen molar-refractivity contribution in [3.05, 3.63) is 0 Å². The third-order valence-electron chi connectivity index (χ3n) is 3.18. The lowest BCUT2D eigenvalue weighted by molar-refractivity contribution is -0.148. The summed E-state index contributed by atoms with van der Waals surface area (Å²) in [5.41, 5.74) is 0. The second-order valence-electron chi connectivity index (χ2n) is 4.10. The Morgan fingerprint density at radius 1 is 1.54 bits per heavy atom. The zero-order valence-corrected chi connectivity index (χ0v) is 7.43. The van der Waals surface area contributed by atoms with Gasteiger partial charge in [0.15, 0.2) is 0 Å². The lowest BCUT2D eigenvalue weighted by atomic mass is 9.74. The Morgan fingerprint density at radius 2 is 2.23 bits per heavy atom. The molecule has 3 unspecified atom stereocenters. The number of carbonyl (C=O) groups excluding carboxylic acids is 1. The predicted molar refractivity (Wildman–Crippen MR) is 41.3 cm³/mol. The fourth-order valence-corrected chi connectivity index (χ4v) is 2.21. The number of halogens is 2. The molecule has 0 aromatic rings. The van der Waals surface area contributed by atoms with Crippen LogP contribution in [0.5, 0.6) is 0 Å². The highest BCUT2D eigenvalue weighted by molar-refractivity contribution is 5.75. The van der Waals surface area contributed by atoms with Crippen LogP contribution in [0.2, 0.25) is 0 Å². The summed E-state index contributed by atoms with van der Waals surface area (Å²) >= 11 is 0. The molecule has 0 aromatic heterocycles. The molecule has 1 saturated heterocycles. The molecule has 2 nitrogen and oxygen atoms in total. The molecule has 74 valence electrons. The van der Waals surface area contributed by atoms with Crippen LogP contribution < -0.4 is 0 Å². The van der Waals surface area contributed by atoms with Gasteiger partial charge in [0.25, 0.3) is 5.92 Å². The first-order chi connectivity index (χ1) is 6.00. The van der Waals surface area contributed by atoms with Crippen molar-refractivity contribution in [2.45, 2.75) is 25.7 Å². The number of fused-ring (bicyclic) bond motifs is 1. The van der Waals surface area contributed by atoms with E-state index in [1.807, 2.05) is 0 Å². The van der Waals surface area contributed by atoms with Gasteiger partial charge in [-0.2, -0.15) is 0 Å². The summed E-state index contributed by atoms with van der Waals surface area (Å²) in [6.07, 6.45) is 0.0844. The number of carbonyl (C=O) groups is 1. The van der Waals surface area contributed by atoms with Crippen LogP contribution in [0.3, 0.4) is 0 Å². The standard InChI is InChI=1S/C9H12F2O2/c1-5-2-6-4-13-8(12)7(6)3-9(5,10)11/h5-7H,2-4H2,1H3. The SMILES string of the molecule is CC1CC2COC(=O)C2CC1(F)F. The first-order valence-electron chi connectivity index (χ1n) is 4.55. The summed E-state index contributed by atoms with van der Waals surface area (Å²) in [4.78, 5) is 11.0. The summed E-state index contributed by atoms with van der Waals surface area (Å²) in [5.74, 6) is -4.27. The lowest BCUT2D eigenvalue weighted by Gasteiger charge is -2.33. The molecule has 1 aliphatic carbocycles. The lowest BCUT2D eigenvalue weighted by Crippen LogP contribution is -2.39. The Labute approximate surface area is 75.3 Å². The molecule has 1 heterocycles. The van der Waals surface area contributed by atoms with Gasteiger partial charge in [0.05, 0.1) is 12.5 Å². The molecular weight excluding hydrogens is 178 g/mol. The van der Waals surface area contributed by atoms with Crippen molar-refractivity contribution in [3.8, 4) is 0 Å². The minimum Gasteiger partial charge on any atom is -0.465 e. The molecule has 3 atom stereocenters. The van der Waals surface area contributed by atoms with Crippen molar-refractivity contribution in [3.63, 3.8) is 0 Å². The number of ether oxygens (including phenoxy) is 1. The fraction of sp³-hybridized carbons (Fsp3) is 0.889. The van der Waals surface area contributed by atoms with Crippen molar-refractivity contribution in [2.24, 2.45) is 17.8 Å². The minimum absolute atomic E-state index is 0.0297. The maximum Gasteiger partial charge on any atom is 0.309 e. The third-order valence-corrected chi connectivity index (χ3v) is 3.18. The van der Waals surface area contributed by atoms with Gasteiger partial charge < -0.3 is 4.74 Å². The van der Waals surface area contributed by atoms with E-state index in [0.717, 1.165) is 0 Å². The van der Waals surface area contributed by atoms with Gasteiger partial charge in [0.2, 0.25) is 0 Å². The van der Waals surface area contributed by atoms with Gasteiger partial charge in [-0.15, -0.1) is 0 Å². The van der Waals surface area contributed by atoms with Gasteiger partial charge in [-0.25, -0.2) is 8.78 Å². The second kappa shape index (κ2) is 2.66. The summed E-state index contributed by atoms with van der Waals surface area (Å²) in [6, 6.07) is 0. The van der Waals surface area contributed by atoms with Gasteiger partial charge >= 0.3 is 5.97 Å². The van der Waals surface area contributed by atoms with Crippen LogP contribution in [0.15, 0.2) is 0 Å². The molecule has 2 rings (SSSR count). The first kappa shape index (κ1) is 8.91. The van der Waals surface area contributed by atoms with Crippen molar-refractivity contribution in [1.82, 2.24) is 0 Å². The van der Waals surface area contributed by atoms with E-state index in [2.05, 4.69) is 0 Å². The van der Waals surface area contributed by atoms with Crippen molar-refractivity contribution >= 4 is 5.97 Å². The maximum atomic E-state index is 13.2. The van der Waals surface area contributed by atoms with Crippen LogP contribution in [-0.4, -0.2) is 18.5 Å². The number of cyclic esters (lactones) is 1. The summed E-state index contributed by atoms with van der Waals surface area (Å²) in [5, 5.41) is 0. The largest absolute Gasteiger partial charge is 0.465 e. The van der Waals surface area contributed by atoms with Crippen molar-refractivity contribution < 1.29 is 18.3 Å². The van der Waals surface area contributed by atoms with Crippen molar-refractivity contribution in [2.75, 3.05) is 6.61 Å². The molecule has 0 N–H and O–H groups in total. The molecule has 1 aliphatic heterocycles. The molecule has 1 saturated carbocycles. The topological polar surface area (TPSA) is 26.3 Å². The van der Waals surface area contributed by atoms with Gasteiger partial charge in [-0.3, -0.25) is 4.79 Å². The van der Waals surface area contributed by atoms with E-state index in [1.165, 1.54) is 0 Å². The quantitative estimate of drug-likeness (QED) is 0.545. The van der Waals surface area contributed by atoms with E-state index in [0.29, 0.717) is 13.0 Å². The molecule has 0 aromatic carbocycles. The maximum absolute atomic E-state index is 13.2. The van der Waals surface area contributed by atoms with E-state index in [1.54, 1.807) is 6.92 Å². The Morgan fingerprint density at radius 3 is 2.92 bits per heavy atom. The van der Waals surface area contributed by atoms with Crippen LogP contribution >= 0.6 is 0 Å². The summed E-state index contributed by atoms with van der Waals surface area (Å²) in [7, 11) is 0. The van der Waals surface area contributed by atoms with Crippen LogP contribution in [0.1, 0.15) is 19.8 Å². The number of hydrogen-bond donors (Lipinski definition) is 0. The second-order valence-corrected chi connectivity index (χ2v) is 4.10. The molecule has 0 bridgehead atoms. The fourth-order valence-electron chi connectivity index (χ4n) is 2.21. The average Bonchev–Trinajstić information content (AvgIpc) is 2.34. The number of alkyl halides is 2. The predicted octanol–water partition coefficient (Wildman–Crippen LogP) is 1.84. The minimum atomic E-state index is -2.69. The number of hydrogen-bond acceptors (Lipinski definition) is 2. The molecule has 2 fully saturated rings. The van der Waals surface area contributed by atoms with Crippen LogP contribution in [0.25, 0.3) is 0 Å². The Bertz CT molecular complexity index is 240. The highest BCUT2D eigenvalue weighted by atomic mass is 19.3. The highest BCUT2D eigenvalue weighted by Crippen LogP contribution is 2.46. The molecule has 0 spiro atoms. The zero-order valence-electron chi connectivity index (χ0n) is 7.43. The Kier molecular flexibility index (Phi) is 1.82. The molecule has 13 heavy (non-hydrogen) atoms. The van der Waals surface area contributed by atoms with E-state index in [-0.39, 0.29) is 12.3 Å². The third kappa shape index (κ3) is 1.32. The Balaban J connectivity index is 2.16. The summed E-state index contributed by atoms with van der Waals surface area (Å²) < 4.78 is 31.2. The van der Waals surface area contributed by atoms with E-state index in [4.69, 9.17) is 4.74 Å². The van der Waals surface area contributed by atoms with Crippen LogP contribution in [0.4, 0.5) is 8.78 Å². The van der Waals surface area contributed by atoms with Gasteiger partial charge in [-0.05, 0) is 6.42 Å². The average molecular weight is 190 g/mol. The normalized spacial score (nSPS) is 42.7. The molecule has 0 radical (unpaired) electrons. The van der Waals surface area contributed by atoms with Gasteiger partial charge in [-0.1, -0.05) is 6.92 Å². The van der Waals surface area contributed by atoms with Crippen LogP contribution in [-0.2, 0) is 9.53 Å². The van der Waals surface area contributed by atoms with Crippen molar-refractivity contribution in [1.29, 1.82) is 0 Å². The molecule has 0 amide bonds.